The summed E-state index contributed by atoms with van der Waals surface area (Å²) in [5.74, 6) is 0.582. The summed E-state index contributed by atoms with van der Waals surface area (Å²) < 4.78 is 1.14. The number of rotatable bonds is 2. The minimum atomic E-state index is 0.582. The van der Waals surface area contributed by atoms with Gasteiger partial charge in [-0.15, -0.1) is 5.73 Å². The maximum absolute atomic E-state index is 3.46. The third kappa shape index (κ3) is 2.64. The van der Waals surface area contributed by atoms with Crippen molar-refractivity contribution in [3.8, 4) is 0 Å². The van der Waals surface area contributed by atoms with E-state index in [4.69, 9.17) is 0 Å². The van der Waals surface area contributed by atoms with Crippen LogP contribution >= 0.6 is 15.9 Å². The van der Waals surface area contributed by atoms with Gasteiger partial charge in [0.1, 0.15) is 0 Å². The van der Waals surface area contributed by atoms with Crippen molar-refractivity contribution in [2.75, 3.05) is 0 Å². The van der Waals surface area contributed by atoms with E-state index < -0.39 is 0 Å². The van der Waals surface area contributed by atoms with Crippen molar-refractivity contribution in [3.63, 3.8) is 0 Å². The first-order valence-electron chi connectivity index (χ1n) is 6.09. The van der Waals surface area contributed by atoms with Crippen LogP contribution in [0.25, 0.3) is 6.08 Å². The van der Waals surface area contributed by atoms with Crippen LogP contribution in [0.3, 0.4) is 0 Å². The molecule has 3 rings (SSSR count). The first-order valence-corrected chi connectivity index (χ1v) is 6.88. The smallest absolute Gasteiger partial charge is 0.0175 e. The van der Waals surface area contributed by atoms with Gasteiger partial charge >= 0.3 is 0 Å². The van der Waals surface area contributed by atoms with E-state index in [9.17, 15) is 0 Å². The second-order valence-electron chi connectivity index (χ2n) is 4.53. The Morgan fingerprint density at radius 3 is 2.44 bits per heavy atom. The lowest BCUT2D eigenvalue weighted by atomic mass is 10.1. The van der Waals surface area contributed by atoms with Crippen LogP contribution in [0.2, 0.25) is 0 Å². The molecule has 1 aliphatic carbocycles. The topological polar surface area (TPSA) is 0 Å². The quantitative estimate of drug-likeness (QED) is 0.670. The molecule has 1 saturated carbocycles. The Balaban J connectivity index is 1.78. The fraction of sp³-hybridized carbons (Fsp3) is 0.118. The second kappa shape index (κ2) is 4.97. The molecular formula is C17H13Br. The molecule has 0 aliphatic heterocycles. The maximum atomic E-state index is 3.46. The zero-order valence-electron chi connectivity index (χ0n) is 9.94. The van der Waals surface area contributed by atoms with Gasteiger partial charge in [-0.1, -0.05) is 58.4 Å². The van der Waals surface area contributed by atoms with Crippen molar-refractivity contribution >= 4 is 22.0 Å². The number of hydrogen-bond acceptors (Lipinski definition) is 0. The number of allylic oxidation sites excluding steroid dienone is 1. The molecule has 1 aliphatic rings. The molecule has 0 heterocycles. The maximum Gasteiger partial charge on any atom is 0.0175 e. The number of halogens is 1. The zero-order chi connectivity index (χ0) is 12.4. The van der Waals surface area contributed by atoms with Gasteiger partial charge in [0.25, 0.3) is 0 Å². The predicted octanol–water partition coefficient (Wildman–Crippen LogP) is 5.18. The second-order valence-corrected chi connectivity index (χ2v) is 5.45. The molecule has 2 aromatic rings. The van der Waals surface area contributed by atoms with E-state index in [0.717, 1.165) is 10.9 Å². The largest absolute Gasteiger partial charge is 0.120 e. The summed E-state index contributed by atoms with van der Waals surface area (Å²) in [6.45, 7) is 0. The zero-order valence-corrected chi connectivity index (χ0v) is 11.5. The van der Waals surface area contributed by atoms with E-state index in [2.05, 4.69) is 76.3 Å². The van der Waals surface area contributed by atoms with Crippen molar-refractivity contribution < 1.29 is 0 Å². The Morgan fingerprint density at radius 1 is 1.00 bits per heavy atom. The van der Waals surface area contributed by atoms with Crippen LogP contribution in [0.4, 0.5) is 0 Å². The lowest BCUT2D eigenvalue weighted by Gasteiger charge is -1.95. The van der Waals surface area contributed by atoms with Crippen molar-refractivity contribution in [2.45, 2.75) is 12.3 Å². The van der Waals surface area contributed by atoms with Gasteiger partial charge < -0.3 is 0 Å². The lowest BCUT2D eigenvalue weighted by molar-refractivity contribution is 1.16. The van der Waals surface area contributed by atoms with Gasteiger partial charge in [0.05, 0.1) is 0 Å². The highest BCUT2D eigenvalue weighted by Gasteiger charge is 2.30. The highest BCUT2D eigenvalue weighted by atomic mass is 79.9. The predicted molar refractivity (Wildman–Crippen MR) is 79.4 cm³/mol. The van der Waals surface area contributed by atoms with E-state index in [1.807, 2.05) is 6.07 Å². The highest BCUT2D eigenvalue weighted by molar-refractivity contribution is 9.10. The van der Waals surface area contributed by atoms with Crippen molar-refractivity contribution in [3.05, 3.63) is 81.5 Å². The summed E-state index contributed by atoms with van der Waals surface area (Å²) in [7, 11) is 0. The molecule has 0 amide bonds. The average molecular weight is 297 g/mol. The minimum absolute atomic E-state index is 0.582. The summed E-state index contributed by atoms with van der Waals surface area (Å²) in [4.78, 5) is 0. The van der Waals surface area contributed by atoms with Crippen LogP contribution in [0.5, 0.6) is 0 Å². The molecule has 0 radical (unpaired) electrons. The Bertz CT molecular complexity index is 602. The molecular weight excluding hydrogens is 284 g/mol. The molecule has 0 bridgehead atoms. The fourth-order valence-electron chi connectivity index (χ4n) is 2.06. The van der Waals surface area contributed by atoms with E-state index >= 15 is 0 Å². The summed E-state index contributed by atoms with van der Waals surface area (Å²) >= 11 is 3.46. The van der Waals surface area contributed by atoms with E-state index in [-0.39, 0.29) is 0 Å². The highest BCUT2D eigenvalue weighted by Crippen LogP contribution is 2.46. The van der Waals surface area contributed by atoms with Crippen molar-refractivity contribution in [1.82, 2.24) is 0 Å². The van der Waals surface area contributed by atoms with E-state index in [1.165, 1.54) is 16.7 Å². The van der Waals surface area contributed by atoms with Gasteiger partial charge in [0, 0.05) is 10.4 Å². The normalized spacial score (nSPS) is 17.2. The molecule has 0 unspecified atom stereocenters. The first kappa shape index (κ1) is 11.5. The molecule has 1 heteroatoms. The van der Waals surface area contributed by atoms with Gasteiger partial charge in [0.15, 0.2) is 0 Å². The minimum Gasteiger partial charge on any atom is -0.120 e. The van der Waals surface area contributed by atoms with Crippen LogP contribution in [-0.4, -0.2) is 0 Å². The van der Waals surface area contributed by atoms with Gasteiger partial charge in [-0.25, -0.2) is 0 Å². The Kier molecular flexibility index (Phi) is 3.19. The van der Waals surface area contributed by atoms with Crippen LogP contribution in [0.1, 0.15) is 23.5 Å². The lowest BCUT2D eigenvalue weighted by Crippen LogP contribution is -1.76. The third-order valence-corrected chi connectivity index (χ3v) is 3.71. The standard InChI is InChI=1S/C17H13Br/c18-16-10-8-14(9-11-16)17-12-15(17)7-6-13-4-2-1-3-5-13/h1-6,8-11,17H,12H2/t7?,17-/m0/s1. The Labute approximate surface area is 116 Å². The fourth-order valence-corrected chi connectivity index (χ4v) is 2.32. The third-order valence-electron chi connectivity index (χ3n) is 3.18. The molecule has 2 aromatic carbocycles. The molecule has 0 spiro atoms. The summed E-state index contributed by atoms with van der Waals surface area (Å²) in [6, 6.07) is 18.9. The van der Waals surface area contributed by atoms with Gasteiger partial charge in [-0.2, -0.15) is 0 Å². The molecule has 1 atom stereocenters. The Morgan fingerprint density at radius 2 is 1.72 bits per heavy atom. The number of benzene rings is 2. The summed E-state index contributed by atoms with van der Waals surface area (Å²) in [5, 5.41) is 0. The SMILES string of the molecule is Brc1ccc([C@@H]2CC2=C=Cc2ccccc2)cc1. The molecule has 18 heavy (non-hydrogen) atoms. The average Bonchev–Trinajstić information content (AvgIpc) is 3.18. The van der Waals surface area contributed by atoms with Crippen LogP contribution in [-0.2, 0) is 0 Å². The first-order chi connectivity index (χ1) is 8.83. The van der Waals surface area contributed by atoms with Crippen LogP contribution in [0, 0.1) is 0 Å². The van der Waals surface area contributed by atoms with E-state index in [1.54, 1.807) is 0 Å². The van der Waals surface area contributed by atoms with Crippen molar-refractivity contribution in [2.24, 2.45) is 0 Å². The molecule has 0 saturated heterocycles. The molecule has 88 valence electrons. The van der Waals surface area contributed by atoms with Gasteiger partial charge in [0.2, 0.25) is 0 Å². The molecule has 0 aromatic heterocycles. The van der Waals surface area contributed by atoms with Gasteiger partial charge in [-0.05, 0) is 41.3 Å². The van der Waals surface area contributed by atoms with Gasteiger partial charge in [-0.3, -0.25) is 0 Å². The number of hydrogen-bond donors (Lipinski definition) is 0. The monoisotopic (exact) mass is 296 g/mol. The van der Waals surface area contributed by atoms with Crippen LogP contribution in [0.15, 0.2) is 70.4 Å². The molecule has 1 fully saturated rings. The van der Waals surface area contributed by atoms with Crippen LogP contribution < -0.4 is 0 Å². The molecule has 0 N–H and O–H groups in total. The Hall–Kier alpha value is -1.56. The summed E-state index contributed by atoms with van der Waals surface area (Å²) in [6.07, 6.45) is 3.22. The van der Waals surface area contributed by atoms with Crippen molar-refractivity contribution in [1.29, 1.82) is 0 Å². The summed E-state index contributed by atoms with van der Waals surface area (Å²) in [5.41, 5.74) is 7.43. The molecule has 0 nitrogen and oxygen atoms in total. The van der Waals surface area contributed by atoms with E-state index in [0.29, 0.717) is 5.92 Å².